The summed E-state index contributed by atoms with van der Waals surface area (Å²) >= 11 is 0. The lowest BCUT2D eigenvalue weighted by atomic mass is 9.75. The van der Waals surface area contributed by atoms with Gasteiger partial charge in [-0.2, -0.15) is 0 Å². The van der Waals surface area contributed by atoms with Gasteiger partial charge in [-0.1, -0.05) is 32.9 Å². The van der Waals surface area contributed by atoms with E-state index in [-0.39, 0.29) is 0 Å². The van der Waals surface area contributed by atoms with Crippen LogP contribution in [0.5, 0.6) is 0 Å². The number of hydrogen-bond donors (Lipinski definition) is 0. The fraction of sp³-hybridized carbons (Fsp3) is 0.867. The molecule has 4 aliphatic rings. The molecule has 4 saturated carbocycles. The van der Waals surface area contributed by atoms with Crippen molar-refractivity contribution in [1.29, 1.82) is 0 Å². The van der Waals surface area contributed by atoms with Gasteiger partial charge in [-0.15, -0.1) is 0 Å². The Labute approximate surface area is 93.1 Å². The van der Waals surface area contributed by atoms with Gasteiger partial charge in [-0.25, -0.2) is 0 Å². The Morgan fingerprint density at radius 3 is 2.67 bits per heavy atom. The molecule has 0 bridgehead atoms. The highest BCUT2D eigenvalue weighted by Crippen LogP contribution is 2.93. The summed E-state index contributed by atoms with van der Waals surface area (Å²) in [4.78, 5) is 0. The molecule has 0 heterocycles. The highest BCUT2D eigenvalue weighted by atomic mass is 14.9. The summed E-state index contributed by atoms with van der Waals surface area (Å²) in [7, 11) is 0. The lowest BCUT2D eigenvalue weighted by molar-refractivity contribution is 0.266. The van der Waals surface area contributed by atoms with E-state index in [1.807, 2.05) is 0 Å². The maximum Gasteiger partial charge on any atom is 0.00360 e. The van der Waals surface area contributed by atoms with E-state index in [2.05, 4.69) is 27.4 Å². The second-order valence-corrected chi connectivity index (χ2v) is 7.43. The Morgan fingerprint density at radius 2 is 1.93 bits per heavy atom. The van der Waals surface area contributed by atoms with Crippen LogP contribution in [0.4, 0.5) is 0 Å². The Kier molecular flexibility index (Phi) is 1.15. The van der Waals surface area contributed by atoms with Crippen molar-refractivity contribution in [2.45, 2.75) is 46.5 Å². The zero-order valence-electron chi connectivity index (χ0n) is 10.3. The molecule has 82 valence electrons. The zero-order valence-corrected chi connectivity index (χ0v) is 10.3. The molecule has 0 heteroatoms. The van der Waals surface area contributed by atoms with Crippen molar-refractivity contribution in [2.75, 3.05) is 0 Å². The van der Waals surface area contributed by atoms with Gasteiger partial charge in [0, 0.05) is 5.41 Å². The molecule has 0 aromatic heterocycles. The van der Waals surface area contributed by atoms with Crippen molar-refractivity contribution in [1.82, 2.24) is 0 Å². The van der Waals surface area contributed by atoms with E-state index in [1.165, 1.54) is 25.7 Å². The first kappa shape index (κ1) is 8.84. The van der Waals surface area contributed by atoms with Crippen molar-refractivity contribution in [3.05, 3.63) is 12.2 Å². The standard InChI is InChI=1S/C15H22/c1-9-5-6-11-14(4)8-7-10-12(13(10,2)3)15(9,11)14/h10-12H,1,5-8H2,2-4H3/t10-,11?,12+,14-,15-/m1/s1. The van der Waals surface area contributed by atoms with Gasteiger partial charge in [0.05, 0.1) is 0 Å². The van der Waals surface area contributed by atoms with E-state index >= 15 is 0 Å². The van der Waals surface area contributed by atoms with Crippen molar-refractivity contribution in [3.63, 3.8) is 0 Å². The summed E-state index contributed by atoms with van der Waals surface area (Å²) in [5, 5.41) is 0. The van der Waals surface area contributed by atoms with Crippen LogP contribution in [0.15, 0.2) is 12.2 Å². The number of allylic oxidation sites excluding steroid dienone is 1. The van der Waals surface area contributed by atoms with E-state index in [0.717, 1.165) is 17.8 Å². The smallest absolute Gasteiger partial charge is 0.00360 e. The average molecular weight is 202 g/mol. The van der Waals surface area contributed by atoms with Gasteiger partial charge in [-0.05, 0) is 54.3 Å². The van der Waals surface area contributed by atoms with Crippen LogP contribution in [-0.2, 0) is 0 Å². The third-order valence-corrected chi connectivity index (χ3v) is 7.02. The minimum absolute atomic E-state index is 0.624. The Morgan fingerprint density at radius 1 is 1.20 bits per heavy atom. The van der Waals surface area contributed by atoms with Crippen molar-refractivity contribution < 1.29 is 0 Å². The largest absolute Gasteiger partial charge is 0.0993 e. The van der Waals surface area contributed by atoms with Gasteiger partial charge >= 0.3 is 0 Å². The van der Waals surface area contributed by atoms with E-state index in [0.29, 0.717) is 16.2 Å². The van der Waals surface area contributed by atoms with Gasteiger partial charge in [0.2, 0.25) is 0 Å². The second-order valence-electron chi connectivity index (χ2n) is 7.43. The highest BCUT2D eigenvalue weighted by Gasteiger charge is 2.87. The molecule has 0 aromatic rings. The SMILES string of the molecule is C=C1CCC2[C@@]3(C)CC[C@@H]4[C@@H](C4(C)C)[C@@]123. The molecule has 4 rings (SSSR count). The molecule has 4 aliphatic carbocycles. The summed E-state index contributed by atoms with van der Waals surface area (Å²) in [6.07, 6.45) is 5.77. The maximum atomic E-state index is 4.44. The minimum Gasteiger partial charge on any atom is -0.0993 e. The van der Waals surface area contributed by atoms with Crippen molar-refractivity contribution >= 4 is 0 Å². The molecule has 0 saturated heterocycles. The molecular formula is C15H22. The first-order valence-electron chi connectivity index (χ1n) is 6.65. The van der Waals surface area contributed by atoms with Gasteiger partial charge in [-0.3, -0.25) is 0 Å². The molecule has 0 nitrogen and oxygen atoms in total. The maximum absolute atomic E-state index is 4.44. The van der Waals surface area contributed by atoms with Crippen LogP contribution in [0.3, 0.4) is 0 Å². The average Bonchev–Trinajstić information content (AvgIpc) is 2.84. The minimum atomic E-state index is 0.624. The van der Waals surface area contributed by atoms with Crippen LogP contribution in [0.2, 0.25) is 0 Å². The van der Waals surface area contributed by atoms with Crippen molar-refractivity contribution in [3.8, 4) is 0 Å². The molecule has 0 N–H and O–H groups in total. The van der Waals surface area contributed by atoms with Crippen LogP contribution in [0.1, 0.15) is 46.5 Å². The molecule has 0 aromatic carbocycles. The molecule has 0 amide bonds. The quantitative estimate of drug-likeness (QED) is 0.520. The van der Waals surface area contributed by atoms with E-state index < -0.39 is 0 Å². The van der Waals surface area contributed by atoms with Crippen molar-refractivity contribution in [2.24, 2.45) is 34.0 Å². The molecule has 15 heavy (non-hydrogen) atoms. The third kappa shape index (κ3) is 0.610. The van der Waals surface area contributed by atoms with E-state index in [1.54, 1.807) is 5.57 Å². The lowest BCUT2D eigenvalue weighted by Gasteiger charge is -2.29. The lowest BCUT2D eigenvalue weighted by Crippen LogP contribution is -2.21. The fourth-order valence-electron chi connectivity index (χ4n) is 6.35. The number of hydrogen-bond acceptors (Lipinski definition) is 0. The molecule has 0 radical (unpaired) electrons. The molecule has 4 fully saturated rings. The molecule has 5 atom stereocenters. The van der Waals surface area contributed by atoms with Gasteiger partial charge in [0.1, 0.15) is 0 Å². The Hall–Kier alpha value is -0.260. The summed E-state index contributed by atoms with van der Waals surface area (Å²) in [5.41, 5.74) is 3.58. The third-order valence-electron chi connectivity index (χ3n) is 7.02. The summed E-state index contributed by atoms with van der Waals surface area (Å²) in [6, 6.07) is 0. The molecule has 1 spiro atoms. The van der Waals surface area contributed by atoms with E-state index in [4.69, 9.17) is 0 Å². The van der Waals surface area contributed by atoms with Crippen LogP contribution in [0, 0.1) is 34.0 Å². The predicted octanol–water partition coefficient (Wildman–Crippen LogP) is 4.02. The van der Waals surface area contributed by atoms with Gasteiger partial charge in [0.15, 0.2) is 0 Å². The normalized spacial score (nSPS) is 63.1. The summed E-state index contributed by atoms with van der Waals surface area (Å²) < 4.78 is 0. The van der Waals surface area contributed by atoms with Crippen LogP contribution >= 0.6 is 0 Å². The Balaban J connectivity index is 1.86. The molecule has 0 aliphatic heterocycles. The highest BCUT2D eigenvalue weighted by molar-refractivity contribution is 5.45. The summed E-state index contributed by atoms with van der Waals surface area (Å²) in [5.74, 6) is 3.06. The predicted molar refractivity (Wildman–Crippen MR) is 62.4 cm³/mol. The van der Waals surface area contributed by atoms with Crippen LogP contribution < -0.4 is 0 Å². The first-order chi connectivity index (χ1) is 6.97. The number of fused-ring (bicyclic) bond motifs is 2. The van der Waals surface area contributed by atoms with Gasteiger partial charge in [0.25, 0.3) is 0 Å². The topological polar surface area (TPSA) is 0 Å². The number of rotatable bonds is 0. The monoisotopic (exact) mass is 202 g/mol. The Bertz CT molecular complexity index is 377. The summed E-state index contributed by atoms with van der Waals surface area (Å²) in [6.45, 7) is 12.0. The van der Waals surface area contributed by atoms with Gasteiger partial charge < -0.3 is 0 Å². The second kappa shape index (κ2) is 1.96. The van der Waals surface area contributed by atoms with Crippen LogP contribution in [-0.4, -0.2) is 0 Å². The molecule has 1 unspecified atom stereocenters. The fourth-order valence-corrected chi connectivity index (χ4v) is 6.35. The first-order valence-corrected chi connectivity index (χ1v) is 6.65. The zero-order chi connectivity index (χ0) is 10.6. The molecular weight excluding hydrogens is 180 g/mol. The van der Waals surface area contributed by atoms with E-state index in [9.17, 15) is 0 Å². The van der Waals surface area contributed by atoms with Crippen LogP contribution in [0.25, 0.3) is 0 Å².